The third-order valence-corrected chi connectivity index (χ3v) is 6.19. The zero-order valence-electron chi connectivity index (χ0n) is 22.2. The molecule has 40 heavy (non-hydrogen) atoms. The van der Waals surface area contributed by atoms with Gasteiger partial charge in [-0.3, -0.25) is 9.59 Å². The van der Waals surface area contributed by atoms with Gasteiger partial charge in [0.25, 0.3) is 6.47 Å². The van der Waals surface area contributed by atoms with Crippen molar-refractivity contribution < 1.29 is 132 Å². The fourth-order valence-electron chi connectivity index (χ4n) is 4.21. The zero-order chi connectivity index (χ0) is 25.9. The van der Waals surface area contributed by atoms with Crippen molar-refractivity contribution in [3.05, 3.63) is 89.5 Å². The molecule has 0 saturated carbocycles. The van der Waals surface area contributed by atoms with Crippen LogP contribution in [-0.4, -0.2) is 43.0 Å². The van der Waals surface area contributed by atoms with E-state index in [1.165, 1.54) is 5.56 Å². The number of hydrogen-bond donors (Lipinski definition) is 1. The summed E-state index contributed by atoms with van der Waals surface area (Å²) in [6, 6.07) is 25.7. The maximum Gasteiger partial charge on any atom is 0.296 e. The second-order valence-electron chi connectivity index (χ2n) is 8.71. The number of ether oxygens (including phenoxy) is 4. The van der Waals surface area contributed by atoms with Crippen molar-refractivity contribution in [2.75, 3.05) is 6.61 Å². The predicted octanol–water partition coefficient (Wildman–Crippen LogP) is 3.86. The minimum absolute atomic E-state index is 0. The Kier molecular flexibility index (Phi) is 19.1. The molecule has 0 aromatic heterocycles. The molecule has 3 unspecified atom stereocenters. The standard InChI is InChI=1S/C10H9O3.C10H11O2.C10H9O2.3Y/c11-7-12-10-6-5-8-3-1-2-4-9(8)13-10;2*11-7-9-6-5-8-3-1-2-4-10(8)12-9;;;/h2-4,7,10H,5-6H2;2-4,9,11H,5-7H2;2-4,7,9H,5-6H2;;;/q3*-1;;;. The molecule has 7 nitrogen and oxygen atoms in total. The smallest absolute Gasteiger partial charge is 0.296 e. The zero-order valence-corrected chi connectivity index (χ0v) is 30.7. The van der Waals surface area contributed by atoms with Crippen molar-refractivity contribution in [3.8, 4) is 17.2 Å². The summed E-state index contributed by atoms with van der Waals surface area (Å²) in [6.45, 7) is 0.531. The van der Waals surface area contributed by atoms with Crippen LogP contribution in [0.5, 0.6) is 17.2 Å². The van der Waals surface area contributed by atoms with Crippen LogP contribution < -0.4 is 14.2 Å². The molecule has 3 heterocycles. The van der Waals surface area contributed by atoms with Crippen LogP contribution in [0.2, 0.25) is 0 Å². The van der Waals surface area contributed by atoms with E-state index in [0.29, 0.717) is 12.9 Å². The Hall–Kier alpha value is -0.528. The minimum atomic E-state index is -0.424. The Morgan fingerprint density at radius 3 is 1.77 bits per heavy atom. The number of aliphatic hydroxyl groups excluding tert-OH is 1. The summed E-state index contributed by atoms with van der Waals surface area (Å²) >= 11 is 0. The first-order valence-corrected chi connectivity index (χ1v) is 12.3. The molecule has 3 aromatic carbocycles. The largest absolute Gasteiger partial charge is 0.513 e. The number of aryl methyl sites for hydroxylation is 3. The molecule has 0 amide bonds. The van der Waals surface area contributed by atoms with Crippen molar-refractivity contribution in [2.45, 2.75) is 57.0 Å². The molecule has 203 valence electrons. The summed E-state index contributed by atoms with van der Waals surface area (Å²) in [7, 11) is 0. The fraction of sp³-hybridized carbons (Fsp3) is 0.333. The van der Waals surface area contributed by atoms with Gasteiger partial charge in [-0.25, -0.2) is 0 Å². The number of carbonyl (C=O) groups is 2. The number of aliphatic hydroxyl groups is 1. The predicted molar refractivity (Wildman–Crippen MR) is 134 cm³/mol. The van der Waals surface area contributed by atoms with E-state index < -0.39 is 6.29 Å². The van der Waals surface area contributed by atoms with E-state index in [2.05, 4.69) is 18.2 Å². The van der Waals surface area contributed by atoms with Crippen LogP contribution in [0.1, 0.15) is 36.0 Å². The van der Waals surface area contributed by atoms with E-state index in [0.717, 1.165) is 66.8 Å². The second-order valence-corrected chi connectivity index (χ2v) is 8.71. The van der Waals surface area contributed by atoms with Gasteiger partial charge in [0.2, 0.25) is 6.29 Å². The van der Waals surface area contributed by atoms with Gasteiger partial charge >= 0.3 is 0 Å². The fourth-order valence-corrected chi connectivity index (χ4v) is 4.21. The van der Waals surface area contributed by atoms with Crippen LogP contribution in [0, 0.1) is 18.2 Å². The van der Waals surface area contributed by atoms with E-state index in [1.807, 2.05) is 42.5 Å². The molecule has 6 rings (SSSR count). The molecular formula is C30H29O7Y3-3. The van der Waals surface area contributed by atoms with Crippen LogP contribution in [0.25, 0.3) is 0 Å². The van der Waals surface area contributed by atoms with Crippen LogP contribution >= 0.6 is 0 Å². The van der Waals surface area contributed by atoms with Crippen LogP contribution in [-0.2, 0) is 132 Å². The molecule has 0 bridgehead atoms. The summed E-state index contributed by atoms with van der Waals surface area (Å²) in [6.07, 6.45) is 5.34. The first-order valence-electron chi connectivity index (χ1n) is 12.3. The molecule has 0 fully saturated rings. The van der Waals surface area contributed by atoms with E-state index in [4.69, 9.17) is 24.1 Å². The SMILES string of the molecule is O=CC1CCc2c[c-]ccc2O1.O=COC1CCc2c[c-]ccc2O1.OCC1CCc2c[c-]ccc2O1.[Y].[Y].[Y]. The maximum absolute atomic E-state index is 10.4. The number of fused-ring (bicyclic) bond motifs is 3. The summed E-state index contributed by atoms with van der Waals surface area (Å²) in [5, 5.41) is 8.88. The molecule has 3 radical (unpaired) electrons. The second kappa shape index (κ2) is 20.4. The number of carbonyl (C=O) groups excluding carboxylic acids is 2. The molecule has 0 saturated heterocycles. The molecule has 3 atom stereocenters. The Morgan fingerprint density at radius 2 is 1.25 bits per heavy atom. The van der Waals surface area contributed by atoms with Gasteiger partial charge in [0, 0.05) is 122 Å². The molecule has 10 heteroatoms. The third-order valence-electron chi connectivity index (χ3n) is 6.19. The molecular weight excluding hydrogens is 739 g/mol. The molecule has 1 N–H and O–H groups in total. The molecule has 3 aromatic rings. The third kappa shape index (κ3) is 11.3. The van der Waals surface area contributed by atoms with Crippen LogP contribution in [0.3, 0.4) is 0 Å². The normalized spacial score (nSPS) is 19.1. The summed E-state index contributed by atoms with van der Waals surface area (Å²) < 4.78 is 21.0. The van der Waals surface area contributed by atoms with E-state index in [1.54, 1.807) is 12.1 Å². The molecule has 3 aliphatic heterocycles. The number of rotatable bonds is 4. The van der Waals surface area contributed by atoms with Gasteiger partial charge in [-0.05, 0) is 12.8 Å². The average Bonchev–Trinajstić information content (AvgIpc) is 2.97. The van der Waals surface area contributed by atoms with Crippen molar-refractivity contribution in [3.63, 3.8) is 0 Å². The Morgan fingerprint density at radius 1 is 0.750 bits per heavy atom. The van der Waals surface area contributed by atoms with Gasteiger partial charge in [0.05, 0.1) is 6.61 Å². The first kappa shape index (κ1) is 37.5. The quantitative estimate of drug-likeness (QED) is 0.319. The van der Waals surface area contributed by atoms with Gasteiger partial charge in [0.15, 0.2) is 6.29 Å². The molecule has 3 aliphatic rings. The average molecular weight is 768 g/mol. The minimum Gasteiger partial charge on any atom is -0.513 e. The van der Waals surface area contributed by atoms with Crippen molar-refractivity contribution >= 4 is 12.8 Å². The van der Waals surface area contributed by atoms with Gasteiger partial charge in [-0.1, -0.05) is 19.3 Å². The Bertz CT molecular complexity index is 1180. The monoisotopic (exact) mass is 768 g/mol. The first-order chi connectivity index (χ1) is 18.2. The summed E-state index contributed by atoms with van der Waals surface area (Å²) in [5.74, 6) is 2.52. The topological polar surface area (TPSA) is 91.3 Å². The van der Waals surface area contributed by atoms with Gasteiger partial charge in [0.1, 0.15) is 12.2 Å². The van der Waals surface area contributed by atoms with Crippen LogP contribution in [0.15, 0.2) is 54.6 Å². The van der Waals surface area contributed by atoms with Crippen molar-refractivity contribution in [2.24, 2.45) is 0 Å². The van der Waals surface area contributed by atoms with E-state index in [9.17, 15) is 9.59 Å². The molecule has 0 aliphatic carbocycles. The Balaban J connectivity index is 0.000000289. The maximum atomic E-state index is 10.4. The van der Waals surface area contributed by atoms with E-state index >= 15 is 0 Å². The number of hydrogen-bond acceptors (Lipinski definition) is 7. The van der Waals surface area contributed by atoms with Crippen molar-refractivity contribution in [1.82, 2.24) is 0 Å². The van der Waals surface area contributed by atoms with Gasteiger partial charge in [-0.2, -0.15) is 54.6 Å². The summed E-state index contributed by atoms with van der Waals surface area (Å²) in [4.78, 5) is 20.5. The van der Waals surface area contributed by atoms with Gasteiger partial charge in [-0.15, -0.1) is 34.9 Å². The van der Waals surface area contributed by atoms with Gasteiger partial charge < -0.3 is 24.1 Å². The molecule has 0 spiro atoms. The van der Waals surface area contributed by atoms with Crippen LogP contribution in [0.4, 0.5) is 0 Å². The van der Waals surface area contributed by atoms with Crippen molar-refractivity contribution in [1.29, 1.82) is 0 Å². The number of benzene rings is 3. The van der Waals surface area contributed by atoms with E-state index in [-0.39, 0.29) is 117 Å². The number of aldehydes is 1. The Labute approximate surface area is 311 Å². The summed E-state index contributed by atoms with van der Waals surface area (Å²) in [5.41, 5.74) is 3.46.